The minimum atomic E-state index is -0.0748. The highest BCUT2D eigenvalue weighted by Gasteiger charge is 2.22. The lowest BCUT2D eigenvalue weighted by Crippen LogP contribution is -2.29. The monoisotopic (exact) mass is 349 g/mol. The Labute approximate surface area is 130 Å². The summed E-state index contributed by atoms with van der Waals surface area (Å²) in [5.41, 5.74) is 3.29. The summed E-state index contributed by atoms with van der Waals surface area (Å²) >= 11 is 3.53. The van der Waals surface area contributed by atoms with Crippen molar-refractivity contribution in [2.45, 2.75) is 32.7 Å². The third-order valence-corrected chi connectivity index (χ3v) is 5.01. The number of hydrogen-bond donors (Lipinski definition) is 0. The molecule has 0 unspecified atom stereocenters. The van der Waals surface area contributed by atoms with Crippen molar-refractivity contribution in [3.05, 3.63) is 49.6 Å². The van der Waals surface area contributed by atoms with E-state index < -0.39 is 0 Å². The zero-order valence-corrected chi connectivity index (χ0v) is 13.6. The molecule has 0 amide bonds. The molecular formula is C15H16BrN3O2. The molecule has 0 saturated carbocycles. The van der Waals surface area contributed by atoms with Gasteiger partial charge in [-0.1, -0.05) is 0 Å². The molecule has 0 radical (unpaired) electrons. The van der Waals surface area contributed by atoms with Crippen LogP contribution in [0.4, 0.5) is 0 Å². The van der Waals surface area contributed by atoms with Crippen molar-refractivity contribution in [2.75, 3.05) is 0 Å². The first-order valence-electron chi connectivity index (χ1n) is 6.93. The number of ketones is 1. The smallest absolute Gasteiger partial charge is 0.251 e. The molecule has 0 spiro atoms. The van der Waals surface area contributed by atoms with Crippen molar-refractivity contribution in [3.63, 3.8) is 0 Å². The number of aromatic nitrogens is 3. The molecule has 0 aliphatic heterocycles. The van der Waals surface area contributed by atoms with Gasteiger partial charge in [-0.2, -0.15) is 5.10 Å². The molecule has 0 saturated heterocycles. The largest absolute Gasteiger partial charge is 0.306 e. The van der Waals surface area contributed by atoms with Crippen LogP contribution in [0.5, 0.6) is 0 Å². The highest BCUT2D eigenvalue weighted by atomic mass is 79.9. The normalized spacial score (nSPS) is 14.3. The standard InChI is InChI=1S/C15H16BrN3O2/c1-9-15(16)12(18(2)17-9)8-19-11-4-3-5-13(20)10(11)6-7-14(19)21/h6-7H,3-5,8H2,1-2H3. The van der Waals surface area contributed by atoms with Crippen LogP contribution >= 0.6 is 15.9 Å². The minimum absolute atomic E-state index is 0.0748. The molecule has 21 heavy (non-hydrogen) atoms. The number of hydrogen-bond acceptors (Lipinski definition) is 3. The molecule has 3 rings (SSSR count). The van der Waals surface area contributed by atoms with E-state index in [2.05, 4.69) is 21.0 Å². The van der Waals surface area contributed by atoms with E-state index in [4.69, 9.17) is 0 Å². The van der Waals surface area contributed by atoms with Gasteiger partial charge in [0.25, 0.3) is 5.56 Å². The first kappa shape index (κ1) is 14.3. The van der Waals surface area contributed by atoms with Crippen LogP contribution in [-0.2, 0) is 20.0 Å². The fourth-order valence-corrected chi connectivity index (χ4v) is 3.33. The lowest BCUT2D eigenvalue weighted by atomic mass is 9.94. The summed E-state index contributed by atoms with van der Waals surface area (Å²) in [5, 5.41) is 4.35. The average Bonchev–Trinajstić information content (AvgIpc) is 2.68. The molecule has 0 N–H and O–H groups in total. The van der Waals surface area contributed by atoms with Crippen LogP contribution in [-0.4, -0.2) is 20.1 Å². The maximum Gasteiger partial charge on any atom is 0.251 e. The fourth-order valence-electron chi connectivity index (χ4n) is 2.87. The summed E-state index contributed by atoms with van der Waals surface area (Å²) in [6.07, 6.45) is 2.15. The molecule has 1 aliphatic carbocycles. The number of fused-ring (bicyclic) bond motifs is 1. The summed E-state index contributed by atoms with van der Waals surface area (Å²) in [7, 11) is 1.86. The van der Waals surface area contributed by atoms with Gasteiger partial charge in [-0.15, -0.1) is 0 Å². The molecule has 0 atom stereocenters. The molecule has 0 fully saturated rings. The highest BCUT2D eigenvalue weighted by molar-refractivity contribution is 9.10. The summed E-state index contributed by atoms with van der Waals surface area (Å²) in [5.74, 6) is 0.130. The van der Waals surface area contributed by atoms with Crippen LogP contribution in [0.1, 0.15) is 40.3 Å². The van der Waals surface area contributed by atoms with E-state index in [9.17, 15) is 9.59 Å². The highest BCUT2D eigenvalue weighted by Crippen LogP contribution is 2.24. The van der Waals surface area contributed by atoms with Crippen LogP contribution in [0, 0.1) is 6.92 Å². The number of carbonyl (C=O) groups is 1. The Morgan fingerprint density at radius 2 is 2.05 bits per heavy atom. The van der Waals surface area contributed by atoms with E-state index in [0.717, 1.165) is 34.4 Å². The Morgan fingerprint density at radius 1 is 1.29 bits per heavy atom. The van der Waals surface area contributed by atoms with Crippen molar-refractivity contribution in [1.82, 2.24) is 14.3 Å². The van der Waals surface area contributed by atoms with Crippen molar-refractivity contribution in [2.24, 2.45) is 7.05 Å². The maximum absolute atomic E-state index is 12.2. The summed E-state index contributed by atoms with van der Waals surface area (Å²) in [6.45, 7) is 2.34. The van der Waals surface area contributed by atoms with E-state index in [0.29, 0.717) is 18.5 Å². The summed E-state index contributed by atoms with van der Waals surface area (Å²) in [6, 6.07) is 3.15. The topological polar surface area (TPSA) is 56.9 Å². The second-order valence-electron chi connectivity index (χ2n) is 5.36. The number of pyridine rings is 1. The Balaban J connectivity index is 2.13. The first-order valence-corrected chi connectivity index (χ1v) is 7.72. The zero-order chi connectivity index (χ0) is 15.1. The lowest BCUT2D eigenvalue weighted by Gasteiger charge is -2.20. The van der Waals surface area contributed by atoms with Crippen molar-refractivity contribution in [3.8, 4) is 0 Å². The van der Waals surface area contributed by atoms with Gasteiger partial charge in [0.15, 0.2) is 5.78 Å². The average molecular weight is 350 g/mol. The Hall–Kier alpha value is -1.69. The zero-order valence-electron chi connectivity index (χ0n) is 12.0. The fraction of sp³-hybridized carbons (Fsp3) is 0.400. The Bertz CT molecular complexity index is 789. The van der Waals surface area contributed by atoms with Gasteiger partial charge in [-0.25, -0.2) is 0 Å². The van der Waals surface area contributed by atoms with Gasteiger partial charge < -0.3 is 4.57 Å². The third-order valence-electron chi connectivity index (χ3n) is 3.98. The number of nitrogens with zero attached hydrogens (tertiary/aromatic N) is 3. The molecule has 2 aromatic rings. The van der Waals surface area contributed by atoms with E-state index in [-0.39, 0.29) is 11.3 Å². The van der Waals surface area contributed by atoms with Crippen LogP contribution in [0.3, 0.4) is 0 Å². The van der Waals surface area contributed by atoms with Crippen LogP contribution < -0.4 is 5.56 Å². The molecule has 110 valence electrons. The van der Waals surface area contributed by atoms with Crippen molar-refractivity contribution in [1.29, 1.82) is 0 Å². The third kappa shape index (κ3) is 2.37. The van der Waals surface area contributed by atoms with Gasteiger partial charge >= 0.3 is 0 Å². The predicted molar refractivity (Wildman–Crippen MR) is 82.7 cm³/mol. The minimum Gasteiger partial charge on any atom is -0.306 e. The molecule has 5 nitrogen and oxygen atoms in total. The second-order valence-corrected chi connectivity index (χ2v) is 6.16. The maximum atomic E-state index is 12.2. The second kappa shape index (κ2) is 5.26. The molecule has 0 bridgehead atoms. The summed E-state index contributed by atoms with van der Waals surface area (Å²) < 4.78 is 4.39. The SMILES string of the molecule is Cc1nn(C)c(Cn2c3c(ccc2=O)C(=O)CCC3)c1Br. The molecule has 2 aromatic heterocycles. The van der Waals surface area contributed by atoms with E-state index in [1.165, 1.54) is 6.07 Å². The van der Waals surface area contributed by atoms with E-state index >= 15 is 0 Å². The van der Waals surface area contributed by atoms with Gasteiger partial charge in [0.2, 0.25) is 0 Å². The first-order chi connectivity index (χ1) is 9.99. The predicted octanol–water partition coefficient (Wildman–Crippen LogP) is 2.22. The van der Waals surface area contributed by atoms with Crippen molar-refractivity contribution >= 4 is 21.7 Å². The van der Waals surface area contributed by atoms with Crippen molar-refractivity contribution < 1.29 is 4.79 Å². The molecular weight excluding hydrogens is 334 g/mol. The van der Waals surface area contributed by atoms with Gasteiger partial charge in [0.05, 0.1) is 22.4 Å². The van der Waals surface area contributed by atoms with Gasteiger partial charge in [0.1, 0.15) is 0 Å². The number of rotatable bonds is 2. The van der Waals surface area contributed by atoms with Crippen LogP contribution in [0.2, 0.25) is 0 Å². The molecule has 1 aliphatic rings. The number of halogens is 1. The number of Topliss-reactive ketones (excluding diaryl/α,β-unsaturated/α-hetero) is 1. The van der Waals surface area contributed by atoms with Gasteiger partial charge in [-0.05, 0) is 41.8 Å². The quantitative estimate of drug-likeness (QED) is 0.835. The lowest BCUT2D eigenvalue weighted by molar-refractivity contribution is 0.0970. The Kier molecular flexibility index (Phi) is 3.57. The number of carbonyl (C=O) groups excluding carboxylic acids is 1. The van der Waals surface area contributed by atoms with Gasteiger partial charge in [0, 0.05) is 30.8 Å². The molecule has 0 aromatic carbocycles. The van der Waals surface area contributed by atoms with E-state index in [1.54, 1.807) is 15.3 Å². The summed E-state index contributed by atoms with van der Waals surface area (Å²) in [4.78, 5) is 24.2. The van der Waals surface area contributed by atoms with Gasteiger partial charge in [-0.3, -0.25) is 14.3 Å². The van der Waals surface area contributed by atoms with Crippen LogP contribution in [0.15, 0.2) is 21.4 Å². The molecule has 6 heteroatoms. The number of aryl methyl sites for hydroxylation is 2. The molecule has 2 heterocycles. The van der Waals surface area contributed by atoms with Crippen LogP contribution in [0.25, 0.3) is 0 Å². The van der Waals surface area contributed by atoms with E-state index in [1.807, 2.05) is 14.0 Å². The Morgan fingerprint density at radius 3 is 2.71 bits per heavy atom.